The molecule has 0 bridgehead atoms. The normalized spacial score (nSPS) is 10.1. The summed E-state index contributed by atoms with van der Waals surface area (Å²) in [4.78, 5) is 11.9. The monoisotopic (exact) mass is 291 g/mol. The fraction of sp³-hybridized carbons (Fsp3) is 0.154. The molecule has 0 amide bonds. The molecule has 0 aliphatic heterocycles. The molecule has 7 heteroatoms. The smallest absolute Gasteiger partial charge is 0.342 e. The van der Waals surface area contributed by atoms with Crippen molar-refractivity contribution < 1.29 is 14.7 Å². The maximum atomic E-state index is 11.9. The number of nitrogens with one attached hydrogen (secondary N) is 1. The Kier molecular flexibility index (Phi) is 4.44. The van der Waals surface area contributed by atoms with Gasteiger partial charge in [0.2, 0.25) is 0 Å². The summed E-state index contributed by atoms with van der Waals surface area (Å²) in [5, 5.41) is 13.2. The molecule has 0 unspecified atom stereocenters. The van der Waals surface area contributed by atoms with Crippen molar-refractivity contribution in [2.24, 2.45) is 0 Å². The third-order valence-electron chi connectivity index (χ3n) is 2.58. The standard InChI is InChI=1S/C13H13N3O3S/c1-2-19-13(17)10-8-14-16(11(10)12(20)15-18)9-6-4-3-5-7-9/h3-8,18H,2H2,1H3,(H,15,20). The molecule has 104 valence electrons. The average molecular weight is 291 g/mol. The van der Waals surface area contributed by atoms with Gasteiger partial charge in [-0.05, 0) is 19.1 Å². The molecule has 1 heterocycles. The first-order chi connectivity index (χ1) is 9.69. The van der Waals surface area contributed by atoms with Crippen molar-refractivity contribution in [3.8, 4) is 5.69 Å². The van der Waals surface area contributed by atoms with Crippen LogP contribution in [0.3, 0.4) is 0 Å². The highest BCUT2D eigenvalue weighted by molar-refractivity contribution is 7.80. The van der Waals surface area contributed by atoms with Gasteiger partial charge in [-0.25, -0.2) is 9.48 Å². The molecular formula is C13H13N3O3S. The van der Waals surface area contributed by atoms with E-state index in [1.165, 1.54) is 10.9 Å². The van der Waals surface area contributed by atoms with E-state index in [0.29, 0.717) is 0 Å². The van der Waals surface area contributed by atoms with Gasteiger partial charge in [-0.3, -0.25) is 10.7 Å². The van der Waals surface area contributed by atoms with E-state index in [0.717, 1.165) is 5.69 Å². The Labute approximate surface area is 120 Å². The molecule has 0 saturated carbocycles. The lowest BCUT2D eigenvalue weighted by Crippen LogP contribution is -2.24. The van der Waals surface area contributed by atoms with Gasteiger partial charge in [0.25, 0.3) is 0 Å². The van der Waals surface area contributed by atoms with Crippen molar-refractivity contribution in [1.82, 2.24) is 15.3 Å². The second kappa shape index (κ2) is 6.27. The molecule has 2 aromatic rings. The zero-order valence-electron chi connectivity index (χ0n) is 10.7. The van der Waals surface area contributed by atoms with E-state index < -0.39 is 5.97 Å². The number of thiocarbonyl (C=S) groups is 1. The zero-order valence-corrected chi connectivity index (χ0v) is 11.6. The van der Waals surface area contributed by atoms with Crippen molar-refractivity contribution in [1.29, 1.82) is 0 Å². The predicted molar refractivity (Wildman–Crippen MR) is 76.1 cm³/mol. The quantitative estimate of drug-likeness (QED) is 0.507. The summed E-state index contributed by atoms with van der Waals surface area (Å²) >= 11 is 5.02. The molecule has 0 saturated heterocycles. The number of ether oxygens (including phenoxy) is 1. The first kappa shape index (κ1) is 14.2. The van der Waals surface area contributed by atoms with Crippen molar-refractivity contribution in [3.05, 3.63) is 47.8 Å². The molecule has 2 rings (SSSR count). The third kappa shape index (κ3) is 2.68. The minimum absolute atomic E-state index is 0.00518. The Morgan fingerprint density at radius 2 is 2.15 bits per heavy atom. The van der Waals surface area contributed by atoms with Gasteiger partial charge in [-0.2, -0.15) is 5.10 Å². The number of carbonyl (C=O) groups is 1. The molecular weight excluding hydrogens is 278 g/mol. The second-order valence-electron chi connectivity index (χ2n) is 3.82. The third-order valence-corrected chi connectivity index (χ3v) is 2.87. The highest BCUT2D eigenvalue weighted by Crippen LogP contribution is 2.16. The Bertz CT molecular complexity index is 625. The van der Waals surface area contributed by atoms with Gasteiger partial charge in [0.05, 0.1) is 18.5 Å². The van der Waals surface area contributed by atoms with Gasteiger partial charge in [-0.15, -0.1) is 0 Å². The zero-order chi connectivity index (χ0) is 14.5. The van der Waals surface area contributed by atoms with Crippen LogP contribution in [0, 0.1) is 0 Å². The van der Waals surface area contributed by atoms with Gasteiger partial charge in [0.15, 0.2) is 0 Å². The number of nitrogens with zero attached hydrogens (tertiary/aromatic N) is 2. The van der Waals surface area contributed by atoms with E-state index in [-0.39, 0.29) is 22.9 Å². The van der Waals surface area contributed by atoms with Crippen LogP contribution in [0.1, 0.15) is 23.0 Å². The summed E-state index contributed by atoms with van der Waals surface area (Å²) < 4.78 is 6.42. The minimum atomic E-state index is -0.540. The molecule has 1 aromatic heterocycles. The van der Waals surface area contributed by atoms with E-state index in [1.54, 1.807) is 6.92 Å². The lowest BCUT2D eigenvalue weighted by atomic mass is 10.2. The predicted octanol–water partition coefficient (Wildman–Crippen LogP) is 1.70. The van der Waals surface area contributed by atoms with Crippen LogP contribution in [0.25, 0.3) is 5.69 Å². The topological polar surface area (TPSA) is 76.4 Å². The molecule has 0 radical (unpaired) electrons. The number of carbonyl (C=O) groups excluding carboxylic acids is 1. The van der Waals surface area contributed by atoms with Crippen LogP contribution < -0.4 is 5.48 Å². The first-order valence-corrected chi connectivity index (χ1v) is 6.34. The Morgan fingerprint density at radius 3 is 2.75 bits per heavy atom. The molecule has 6 nitrogen and oxygen atoms in total. The molecule has 20 heavy (non-hydrogen) atoms. The number of rotatable bonds is 4. The van der Waals surface area contributed by atoms with E-state index in [2.05, 4.69) is 5.10 Å². The van der Waals surface area contributed by atoms with Gasteiger partial charge in [0, 0.05) is 0 Å². The first-order valence-electron chi connectivity index (χ1n) is 5.94. The summed E-state index contributed by atoms with van der Waals surface area (Å²) in [5.74, 6) is -0.540. The molecule has 0 aliphatic rings. The summed E-state index contributed by atoms with van der Waals surface area (Å²) in [5.41, 5.74) is 3.08. The van der Waals surface area contributed by atoms with E-state index >= 15 is 0 Å². The van der Waals surface area contributed by atoms with Crippen LogP contribution in [-0.4, -0.2) is 32.6 Å². The van der Waals surface area contributed by atoms with Crippen molar-refractivity contribution >= 4 is 23.2 Å². The number of benzene rings is 1. The Balaban J connectivity index is 2.54. The summed E-state index contributed by atoms with van der Waals surface area (Å²) in [6.45, 7) is 1.95. The highest BCUT2D eigenvalue weighted by Gasteiger charge is 2.22. The van der Waals surface area contributed by atoms with Gasteiger partial charge >= 0.3 is 5.97 Å². The van der Waals surface area contributed by atoms with Crippen LogP contribution in [0.5, 0.6) is 0 Å². The SMILES string of the molecule is CCOC(=O)c1cnn(-c2ccccc2)c1C(=S)NO. The van der Waals surface area contributed by atoms with E-state index in [4.69, 9.17) is 22.2 Å². The molecule has 0 fully saturated rings. The number of aromatic nitrogens is 2. The summed E-state index contributed by atoms with van der Waals surface area (Å²) in [6.07, 6.45) is 1.37. The van der Waals surface area contributed by atoms with E-state index in [9.17, 15) is 4.79 Å². The Hall–Kier alpha value is -2.25. The summed E-state index contributed by atoms with van der Waals surface area (Å²) in [6, 6.07) is 9.15. The molecule has 0 aliphatic carbocycles. The molecule has 2 N–H and O–H groups in total. The van der Waals surface area contributed by atoms with Crippen LogP contribution >= 0.6 is 12.2 Å². The largest absolute Gasteiger partial charge is 0.462 e. The lowest BCUT2D eigenvalue weighted by molar-refractivity contribution is 0.0526. The lowest BCUT2D eigenvalue weighted by Gasteiger charge is -2.09. The number of hydrogen-bond acceptors (Lipinski definition) is 5. The van der Waals surface area contributed by atoms with Gasteiger partial charge in [0.1, 0.15) is 16.2 Å². The molecule has 0 atom stereocenters. The van der Waals surface area contributed by atoms with Crippen LogP contribution in [0.15, 0.2) is 36.5 Å². The number of para-hydroxylation sites is 1. The van der Waals surface area contributed by atoms with E-state index in [1.807, 2.05) is 35.8 Å². The number of hydrogen-bond donors (Lipinski definition) is 2. The maximum Gasteiger partial charge on any atom is 0.342 e. The van der Waals surface area contributed by atoms with Crippen LogP contribution in [0.4, 0.5) is 0 Å². The van der Waals surface area contributed by atoms with Crippen molar-refractivity contribution in [2.75, 3.05) is 6.61 Å². The minimum Gasteiger partial charge on any atom is -0.462 e. The van der Waals surface area contributed by atoms with Crippen molar-refractivity contribution in [2.45, 2.75) is 6.92 Å². The fourth-order valence-corrected chi connectivity index (χ4v) is 1.94. The maximum absolute atomic E-state index is 11.9. The number of esters is 1. The Morgan fingerprint density at radius 1 is 1.45 bits per heavy atom. The fourth-order valence-electron chi connectivity index (χ4n) is 1.74. The average Bonchev–Trinajstić information content (AvgIpc) is 2.92. The van der Waals surface area contributed by atoms with Gasteiger partial charge < -0.3 is 4.74 Å². The van der Waals surface area contributed by atoms with Crippen LogP contribution in [-0.2, 0) is 4.74 Å². The summed E-state index contributed by atoms with van der Waals surface area (Å²) in [7, 11) is 0. The van der Waals surface area contributed by atoms with Crippen LogP contribution in [0.2, 0.25) is 0 Å². The molecule has 1 aromatic carbocycles. The van der Waals surface area contributed by atoms with Crippen molar-refractivity contribution in [3.63, 3.8) is 0 Å². The highest BCUT2D eigenvalue weighted by atomic mass is 32.1. The number of hydroxylamine groups is 1. The second-order valence-corrected chi connectivity index (χ2v) is 4.22. The molecule has 0 spiro atoms. The van der Waals surface area contributed by atoms with Gasteiger partial charge in [-0.1, -0.05) is 30.4 Å².